The lowest BCUT2D eigenvalue weighted by Crippen LogP contribution is -2.27. The van der Waals surface area contributed by atoms with Crippen LogP contribution >= 0.6 is 10.3 Å². The van der Waals surface area contributed by atoms with Crippen LogP contribution in [0.2, 0.25) is 0 Å². The van der Waals surface area contributed by atoms with Gasteiger partial charge in [0, 0.05) is 27.2 Å². The zero-order valence-electron chi connectivity index (χ0n) is 18.9. The van der Waals surface area contributed by atoms with E-state index in [0.717, 1.165) is 25.7 Å². The fourth-order valence-electron chi connectivity index (χ4n) is 3.78. The Morgan fingerprint density at radius 2 is 1.55 bits per heavy atom. The minimum atomic E-state index is -5.74. The molecule has 186 valence electrons. The van der Waals surface area contributed by atoms with E-state index in [4.69, 9.17) is 13.1 Å². The van der Waals surface area contributed by atoms with Crippen LogP contribution in [0.5, 0.6) is 11.5 Å². The number of fused-ring (bicyclic) bond motifs is 1. The van der Waals surface area contributed by atoms with Crippen molar-refractivity contribution >= 4 is 31.2 Å². The molecule has 1 aliphatic rings. The maximum Gasteiger partial charge on any atom is 0.523 e. The molecule has 2 aromatic rings. The number of benzene rings is 2. The molecule has 0 radical (unpaired) electrons. The second-order valence-electron chi connectivity index (χ2n) is 8.07. The summed E-state index contributed by atoms with van der Waals surface area (Å²) in [5.41, 5.74) is -5.47. The molecule has 0 atom stereocenters. The number of rotatable bonds is 11. The van der Waals surface area contributed by atoms with Crippen LogP contribution in [0.3, 0.4) is 0 Å². The van der Waals surface area contributed by atoms with Crippen LogP contribution in [0, 0.1) is 0 Å². The highest BCUT2D eigenvalue weighted by molar-refractivity contribution is 8.33. The van der Waals surface area contributed by atoms with Crippen molar-refractivity contribution in [1.82, 2.24) is 0 Å². The normalized spacial score (nSPS) is 17.2. The largest absolute Gasteiger partial charge is 0.523 e. The summed E-state index contributed by atoms with van der Waals surface area (Å²) in [5, 5.41) is 1.32. The van der Waals surface area contributed by atoms with Gasteiger partial charge >= 0.3 is 15.6 Å². The third kappa shape index (κ3) is 5.89. The number of ether oxygens (including phenoxy) is 2. The molecule has 0 N–H and O–H groups in total. The van der Waals surface area contributed by atoms with Gasteiger partial charge in [-0.2, -0.15) is 21.6 Å². The molecule has 1 aliphatic heterocycles. The molecule has 10 heteroatoms. The van der Waals surface area contributed by atoms with Crippen molar-refractivity contribution < 1.29 is 34.7 Å². The Morgan fingerprint density at radius 3 is 2.15 bits per heavy atom. The van der Waals surface area contributed by atoms with E-state index in [1.165, 1.54) is 0 Å². The first-order chi connectivity index (χ1) is 15.6. The van der Waals surface area contributed by atoms with Crippen molar-refractivity contribution in [3.05, 3.63) is 30.3 Å². The lowest BCUT2D eigenvalue weighted by molar-refractivity contribution is -0.0496. The zero-order chi connectivity index (χ0) is 24.1. The number of alkyl halides is 3. The Labute approximate surface area is 195 Å². The lowest BCUT2D eigenvalue weighted by atomic mass is 10.1. The molecule has 2 aromatic carbocycles. The van der Waals surface area contributed by atoms with Gasteiger partial charge in [-0.05, 0) is 56.0 Å². The molecule has 0 bridgehead atoms. The molecular weight excluding hydrogens is 477 g/mol. The van der Waals surface area contributed by atoms with E-state index in [2.05, 4.69) is 6.92 Å². The molecule has 0 spiro atoms. The highest BCUT2D eigenvalue weighted by atomic mass is 32.3. The highest BCUT2D eigenvalue weighted by Crippen LogP contribution is 2.65. The fourth-order valence-corrected chi connectivity index (χ4v) is 9.17. The molecule has 1 saturated heterocycles. The van der Waals surface area contributed by atoms with E-state index in [1.54, 1.807) is 24.3 Å². The predicted octanol–water partition coefficient (Wildman–Crippen LogP) is 6.94. The van der Waals surface area contributed by atoms with Crippen LogP contribution in [0.25, 0.3) is 10.8 Å². The summed E-state index contributed by atoms with van der Waals surface area (Å²) < 4.78 is 80.6. The Kier molecular flexibility index (Phi) is 8.45. The van der Waals surface area contributed by atoms with E-state index in [9.17, 15) is 21.6 Å². The van der Waals surface area contributed by atoms with Crippen LogP contribution in [-0.2, 0) is 13.7 Å². The summed E-state index contributed by atoms with van der Waals surface area (Å²) >= 11 is 0. The van der Waals surface area contributed by atoms with Gasteiger partial charge in [-0.25, -0.2) is 3.63 Å². The summed E-state index contributed by atoms with van der Waals surface area (Å²) in [6, 6.07) is 8.78. The van der Waals surface area contributed by atoms with Crippen molar-refractivity contribution in [2.45, 2.75) is 62.8 Å². The fraction of sp³-hybridized carbons (Fsp3) is 0.565. The van der Waals surface area contributed by atoms with E-state index < -0.39 is 25.9 Å². The summed E-state index contributed by atoms with van der Waals surface area (Å²) in [4.78, 5) is 0.492. The number of hydrogen-bond donors (Lipinski definition) is 0. The molecule has 0 aliphatic carbocycles. The lowest BCUT2D eigenvalue weighted by Gasteiger charge is -2.35. The molecule has 33 heavy (non-hydrogen) atoms. The first-order valence-corrected chi connectivity index (χ1v) is 14.6. The van der Waals surface area contributed by atoms with Gasteiger partial charge in [-0.15, -0.1) is 0 Å². The molecule has 1 heterocycles. The van der Waals surface area contributed by atoms with Crippen LogP contribution < -0.4 is 9.47 Å². The van der Waals surface area contributed by atoms with E-state index in [0.29, 0.717) is 53.2 Å². The van der Waals surface area contributed by atoms with Crippen molar-refractivity contribution in [2.75, 3.05) is 24.7 Å². The number of halogens is 3. The van der Waals surface area contributed by atoms with Crippen LogP contribution in [-0.4, -0.2) is 38.6 Å². The minimum absolute atomic E-state index is 0.258. The SMILES string of the molecule is CCCCOc1ccc2c(OCCCC)ccc(S3(OS(=O)(=O)C(F)(F)F)CCCC3)c2c1. The number of unbranched alkanes of at least 4 members (excludes halogenated alkanes) is 2. The Bertz CT molecular complexity index is 1050. The molecule has 3 rings (SSSR count). The standard InChI is InChI=1S/C23H31F3O5S2/c1-3-5-13-29-18-9-10-19-20(17-18)22(12-11-21(19)30-14-6-4-2)32(15-7-8-16-32)31-33(27,28)23(24,25)26/h9-12,17H,3-8,13-16H2,1-2H3. The maximum absolute atomic E-state index is 13.2. The van der Waals surface area contributed by atoms with Crippen LogP contribution in [0.1, 0.15) is 52.4 Å². The third-order valence-electron chi connectivity index (χ3n) is 5.53. The second-order valence-corrected chi connectivity index (χ2v) is 12.9. The van der Waals surface area contributed by atoms with E-state index >= 15 is 0 Å². The van der Waals surface area contributed by atoms with Crippen molar-refractivity contribution in [3.8, 4) is 11.5 Å². The molecule has 0 saturated carbocycles. The topological polar surface area (TPSA) is 61.8 Å². The molecular formula is C23H31F3O5S2. The highest BCUT2D eigenvalue weighted by Gasteiger charge is 2.52. The summed E-state index contributed by atoms with van der Waals surface area (Å²) in [6.45, 7) is 5.13. The smallest absolute Gasteiger partial charge is 0.494 e. The average molecular weight is 509 g/mol. The summed E-state index contributed by atoms with van der Waals surface area (Å²) in [7, 11) is -8.45. The minimum Gasteiger partial charge on any atom is -0.494 e. The van der Waals surface area contributed by atoms with Gasteiger partial charge in [-0.1, -0.05) is 37.0 Å². The van der Waals surface area contributed by atoms with Gasteiger partial charge in [0.15, 0.2) is 0 Å². The zero-order valence-corrected chi connectivity index (χ0v) is 20.6. The molecule has 0 aromatic heterocycles. The maximum atomic E-state index is 13.2. The molecule has 5 nitrogen and oxygen atoms in total. The Morgan fingerprint density at radius 1 is 0.909 bits per heavy atom. The quantitative estimate of drug-likeness (QED) is 0.243. The summed E-state index contributed by atoms with van der Waals surface area (Å²) in [6.07, 6.45) is 4.86. The van der Waals surface area contributed by atoms with Gasteiger partial charge in [-0.3, -0.25) is 0 Å². The first-order valence-electron chi connectivity index (χ1n) is 11.3. The van der Waals surface area contributed by atoms with Gasteiger partial charge < -0.3 is 9.47 Å². The second kappa shape index (κ2) is 10.7. The molecule has 1 fully saturated rings. The number of hydrogen-bond acceptors (Lipinski definition) is 5. The first kappa shape index (κ1) is 26.0. The Balaban J connectivity index is 2.12. The van der Waals surface area contributed by atoms with Crippen molar-refractivity contribution in [2.24, 2.45) is 0 Å². The van der Waals surface area contributed by atoms with Gasteiger partial charge in [0.2, 0.25) is 0 Å². The van der Waals surface area contributed by atoms with Crippen LogP contribution in [0.15, 0.2) is 35.2 Å². The van der Waals surface area contributed by atoms with Gasteiger partial charge in [0.05, 0.1) is 13.2 Å². The monoisotopic (exact) mass is 508 g/mol. The van der Waals surface area contributed by atoms with Crippen molar-refractivity contribution in [3.63, 3.8) is 0 Å². The average Bonchev–Trinajstić information content (AvgIpc) is 3.21. The van der Waals surface area contributed by atoms with Gasteiger partial charge in [0.25, 0.3) is 0 Å². The third-order valence-corrected chi connectivity index (χ3v) is 10.9. The van der Waals surface area contributed by atoms with E-state index in [1.807, 2.05) is 13.0 Å². The molecule has 0 amide bonds. The van der Waals surface area contributed by atoms with E-state index in [-0.39, 0.29) is 11.5 Å². The van der Waals surface area contributed by atoms with Crippen molar-refractivity contribution in [1.29, 1.82) is 0 Å². The predicted molar refractivity (Wildman–Crippen MR) is 126 cm³/mol. The molecule has 0 unspecified atom stereocenters. The van der Waals surface area contributed by atoms with Crippen LogP contribution in [0.4, 0.5) is 13.2 Å². The summed E-state index contributed by atoms with van der Waals surface area (Å²) in [5.74, 6) is 1.70. The Hall–Kier alpha value is -1.65. The van der Waals surface area contributed by atoms with Gasteiger partial charge in [0.1, 0.15) is 11.5 Å².